The van der Waals surface area contributed by atoms with Gasteiger partial charge in [0.05, 0.1) is 25.5 Å². The molecule has 1 aromatic heterocycles. The van der Waals surface area contributed by atoms with Crippen molar-refractivity contribution in [3.63, 3.8) is 0 Å². The molecule has 1 saturated heterocycles. The highest BCUT2D eigenvalue weighted by molar-refractivity contribution is 7.13. The Bertz CT molecular complexity index is 736. The third-order valence-corrected chi connectivity index (χ3v) is 5.29. The normalized spacial score (nSPS) is 15.5. The minimum absolute atomic E-state index is 0.0769. The van der Waals surface area contributed by atoms with Crippen molar-refractivity contribution >= 4 is 22.9 Å². The summed E-state index contributed by atoms with van der Waals surface area (Å²) in [4.78, 5) is 20.2. The van der Waals surface area contributed by atoms with E-state index in [1.54, 1.807) is 0 Å². The second kappa shape index (κ2) is 7.42. The molecular weight excluding hydrogens is 322 g/mol. The average Bonchev–Trinajstić information content (AvgIpc) is 2.92. The number of hydrogen-bond acceptors (Lipinski definition) is 5. The molecule has 5 nitrogen and oxygen atoms in total. The predicted molar refractivity (Wildman–Crippen MR) is 96.8 cm³/mol. The van der Waals surface area contributed by atoms with Gasteiger partial charge in [-0.25, -0.2) is 4.98 Å². The van der Waals surface area contributed by atoms with Gasteiger partial charge in [-0.05, 0) is 38.0 Å². The molecule has 0 radical (unpaired) electrons. The molecule has 24 heavy (non-hydrogen) atoms. The van der Waals surface area contributed by atoms with Crippen LogP contribution in [0, 0.1) is 20.8 Å². The number of hydrogen-bond donors (Lipinski definition) is 1. The predicted octanol–water partition coefficient (Wildman–Crippen LogP) is 3.15. The van der Waals surface area contributed by atoms with Crippen molar-refractivity contribution in [1.82, 2.24) is 9.88 Å². The molecular formula is C18H23N3O2S. The number of aryl methyl sites for hydroxylation is 3. The lowest BCUT2D eigenvalue weighted by Gasteiger charge is -2.25. The average molecular weight is 345 g/mol. The van der Waals surface area contributed by atoms with Crippen molar-refractivity contribution in [2.24, 2.45) is 0 Å². The highest BCUT2D eigenvalue weighted by atomic mass is 32.1. The molecule has 1 aromatic carbocycles. The molecule has 2 aromatic rings. The maximum Gasteiger partial charge on any atom is 0.267 e. The van der Waals surface area contributed by atoms with Crippen LogP contribution in [0.2, 0.25) is 0 Å². The van der Waals surface area contributed by atoms with Crippen LogP contribution >= 0.6 is 11.3 Å². The van der Waals surface area contributed by atoms with Gasteiger partial charge in [-0.2, -0.15) is 0 Å². The van der Waals surface area contributed by atoms with Crippen LogP contribution in [0.3, 0.4) is 0 Å². The zero-order chi connectivity index (χ0) is 17.1. The molecule has 2 heterocycles. The summed E-state index contributed by atoms with van der Waals surface area (Å²) < 4.78 is 5.37. The molecule has 1 aliphatic heterocycles. The third-order valence-electron chi connectivity index (χ3n) is 4.15. The summed E-state index contributed by atoms with van der Waals surface area (Å²) in [6.07, 6.45) is 0. The van der Waals surface area contributed by atoms with Crippen LogP contribution in [0.15, 0.2) is 18.2 Å². The molecule has 1 fully saturated rings. The lowest BCUT2D eigenvalue weighted by Crippen LogP contribution is -2.35. The topological polar surface area (TPSA) is 54.5 Å². The van der Waals surface area contributed by atoms with E-state index in [1.807, 2.05) is 39.0 Å². The number of amides is 1. The lowest BCUT2D eigenvalue weighted by molar-refractivity contribution is 0.0341. The number of nitrogens with one attached hydrogen (secondary N) is 1. The Morgan fingerprint density at radius 3 is 2.79 bits per heavy atom. The first-order valence-corrected chi connectivity index (χ1v) is 8.99. The number of morpholine rings is 1. The first-order chi connectivity index (χ1) is 11.5. The number of benzene rings is 1. The number of carbonyl (C=O) groups excluding carboxylic acids is 1. The summed E-state index contributed by atoms with van der Waals surface area (Å²) in [5, 5.41) is 4.01. The minimum atomic E-state index is -0.0769. The molecule has 0 bridgehead atoms. The van der Waals surface area contributed by atoms with Gasteiger partial charge in [0.25, 0.3) is 5.91 Å². The Hall–Kier alpha value is -1.76. The second-order valence-corrected chi connectivity index (χ2v) is 7.27. The van der Waals surface area contributed by atoms with Crippen LogP contribution in [0.4, 0.5) is 5.69 Å². The Morgan fingerprint density at radius 1 is 1.29 bits per heavy atom. The minimum Gasteiger partial charge on any atom is -0.379 e. The van der Waals surface area contributed by atoms with Crippen LogP contribution in [0.5, 0.6) is 0 Å². The molecule has 0 atom stereocenters. The zero-order valence-corrected chi connectivity index (χ0v) is 15.2. The number of ether oxygens (including phenoxy) is 1. The maximum atomic E-state index is 12.6. The van der Waals surface area contributed by atoms with E-state index in [-0.39, 0.29) is 5.91 Å². The van der Waals surface area contributed by atoms with Crippen LogP contribution in [-0.2, 0) is 11.3 Å². The number of anilines is 1. The van der Waals surface area contributed by atoms with E-state index in [0.717, 1.165) is 60.4 Å². The summed E-state index contributed by atoms with van der Waals surface area (Å²) in [5.74, 6) is -0.0769. The van der Waals surface area contributed by atoms with Crippen molar-refractivity contribution in [2.45, 2.75) is 27.3 Å². The molecule has 1 amide bonds. The summed E-state index contributed by atoms with van der Waals surface area (Å²) in [6.45, 7) is 10.1. The smallest absolute Gasteiger partial charge is 0.267 e. The van der Waals surface area contributed by atoms with Gasteiger partial charge < -0.3 is 10.1 Å². The van der Waals surface area contributed by atoms with Gasteiger partial charge in [0, 0.05) is 18.8 Å². The molecule has 1 N–H and O–H groups in total. The van der Waals surface area contributed by atoms with Crippen LogP contribution < -0.4 is 5.32 Å². The van der Waals surface area contributed by atoms with Crippen molar-refractivity contribution in [3.05, 3.63) is 44.9 Å². The molecule has 0 spiro atoms. The van der Waals surface area contributed by atoms with E-state index in [9.17, 15) is 4.79 Å². The van der Waals surface area contributed by atoms with Crippen molar-refractivity contribution in [2.75, 3.05) is 31.6 Å². The van der Waals surface area contributed by atoms with Gasteiger partial charge in [0.2, 0.25) is 0 Å². The standard InChI is InChI=1S/C18H23N3O2S/c1-12-4-5-13(2)15(10-12)20-18(22)17-14(3)19-16(24-17)11-21-6-8-23-9-7-21/h4-5,10H,6-9,11H2,1-3H3,(H,20,22). The van der Waals surface area contributed by atoms with Gasteiger partial charge in [0.15, 0.2) is 0 Å². The van der Waals surface area contributed by atoms with Crippen molar-refractivity contribution in [1.29, 1.82) is 0 Å². The SMILES string of the molecule is Cc1ccc(C)c(NC(=O)c2sc(CN3CCOCC3)nc2C)c1. The number of aromatic nitrogens is 1. The van der Waals surface area contributed by atoms with Crippen molar-refractivity contribution < 1.29 is 9.53 Å². The monoisotopic (exact) mass is 345 g/mol. The highest BCUT2D eigenvalue weighted by Crippen LogP contribution is 2.23. The van der Waals surface area contributed by atoms with Gasteiger partial charge in [0.1, 0.15) is 9.88 Å². The Kier molecular flexibility index (Phi) is 5.28. The van der Waals surface area contributed by atoms with E-state index >= 15 is 0 Å². The second-order valence-electron chi connectivity index (χ2n) is 6.18. The number of rotatable bonds is 4. The first-order valence-electron chi connectivity index (χ1n) is 8.18. The van der Waals surface area contributed by atoms with Gasteiger partial charge in [-0.15, -0.1) is 11.3 Å². The van der Waals surface area contributed by atoms with E-state index in [4.69, 9.17) is 4.74 Å². The largest absolute Gasteiger partial charge is 0.379 e. The molecule has 0 saturated carbocycles. The van der Waals surface area contributed by atoms with Crippen molar-refractivity contribution in [3.8, 4) is 0 Å². The van der Waals surface area contributed by atoms with Crippen LogP contribution in [0.1, 0.15) is 31.5 Å². The highest BCUT2D eigenvalue weighted by Gasteiger charge is 2.18. The van der Waals surface area contributed by atoms with E-state index in [1.165, 1.54) is 11.3 Å². The molecule has 0 aliphatic carbocycles. The summed E-state index contributed by atoms with van der Waals surface area (Å²) in [7, 11) is 0. The fourth-order valence-electron chi connectivity index (χ4n) is 2.73. The maximum absolute atomic E-state index is 12.6. The summed E-state index contributed by atoms with van der Waals surface area (Å²) >= 11 is 1.48. The van der Waals surface area contributed by atoms with Gasteiger partial charge in [-0.3, -0.25) is 9.69 Å². The molecule has 1 aliphatic rings. The summed E-state index contributed by atoms with van der Waals surface area (Å²) in [5.41, 5.74) is 3.85. The van der Waals surface area contributed by atoms with Gasteiger partial charge in [-0.1, -0.05) is 12.1 Å². The Morgan fingerprint density at radius 2 is 2.04 bits per heavy atom. The molecule has 3 rings (SSSR count). The van der Waals surface area contributed by atoms with E-state index in [2.05, 4.69) is 15.2 Å². The fourth-order valence-corrected chi connectivity index (χ4v) is 3.73. The number of carbonyl (C=O) groups is 1. The molecule has 6 heteroatoms. The van der Waals surface area contributed by atoms with Crippen LogP contribution in [0.25, 0.3) is 0 Å². The third kappa shape index (κ3) is 4.01. The quantitative estimate of drug-likeness (QED) is 0.925. The van der Waals surface area contributed by atoms with Crippen LogP contribution in [-0.4, -0.2) is 42.1 Å². The number of thiazole rings is 1. The first kappa shape index (κ1) is 17.1. The van der Waals surface area contributed by atoms with E-state index < -0.39 is 0 Å². The molecule has 128 valence electrons. The Balaban J connectivity index is 1.71. The Labute approximate surface area is 146 Å². The van der Waals surface area contributed by atoms with Gasteiger partial charge >= 0.3 is 0 Å². The fraction of sp³-hybridized carbons (Fsp3) is 0.444. The molecule has 0 unspecified atom stereocenters. The lowest BCUT2D eigenvalue weighted by atomic mass is 10.1. The zero-order valence-electron chi connectivity index (χ0n) is 14.4. The van der Waals surface area contributed by atoms with E-state index in [0.29, 0.717) is 4.88 Å². The number of nitrogens with zero attached hydrogens (tertiary/aromatic N) is 2. The summed E-state index contributed by atoms with van der Waals surface area (Å²) in [6, 6.07) is 6.07.